The van der Waals surface area contributed by atoms with Gasteiger partial charge in [-0.2, -0.15) is 0 Å². The highest BCUT2D eigenvalue weighted by atomic mass is 35.5. The molecule has 3 heterocycles. The highest BCUT2D eigenvalue weighted by molar-refractivity contribution is 7.89. The first-order chi connectivity index (χ1) is 17.0. The highest BCUT2D eigenvalue weighted by Gasteiger charge is 2.42. The molecule has 0 aromatic carbocycles. The van der Waals surface area contributed by atoms with Crippen molar-refractivity contribution in [3.05, 3.63) is 21.3 Å². The second-order valence-electron chi connectivity index (χ2n) is 8.87. The number of thiophene rings is 1. The lowest BCUT2D eigenvalue weighted by Crippen LogP contribution is -2.54. The molecule has 3 amide bonds. The predicted octanol–water partition coefficient (Wildman–Crippen LogP) is 0.588. The Morgan fingerprint density at radius 2 is 1.97 bits per heavy atom. The zero-order chi connectivity index (χ0) is 26.5. The van der Waals surface area contributed by atoms with Gasteiger partial charge in [0.2, 0.25) is 27.7 Å². The number of morpholine rings is 1. The summed E-state index contributed by atoms with van der Waals surface area (Å²) in [5.41, 5.74) is 0. The summed E-state index contributed by atoms with van der Waals surface area (Å²) in [4.78, 5) is 48.7. The summed E-state index contributed by atoms with van der Waals surface area (Å²) >= 11 is 7.21. The van der Waals surface area contributed by atoms with E-state index in [1.807, 2.05) is 0 Å². The molecule has 36 heavy (non-hydrogen) atoms. The van der Waals surface area contributed by atoms with Gasteiger partial charge in [-0.1, -0.05) is 11.6 Å². The molecular weight excluding hydrogens is 530 g/mol. The second kappa shape index (κ2) is 12.5. The first kappa shape index (κ1) is 28.5. The van der Waals surface area contributed by atoms with Crippen molar-refractivity contribution in [3.8, 4) is 0 Å². The third-order valence-electron chi connectivity index (χ3n) is 6.09. The van der Waals surface area contributed by atoms with Gasteiger partial charge in [-0.05, 0) is 31.9 Å². The van der Waals surface area contributed by atoms with Crippen LogP contribution in [-0.4, -0.2) is 111 Å². The SMILES string of the molecule is C/C(=N/C(=O)C[C@@H](C(=O)N1CCOCC1)N1CC[C@H](NS(=O)(=O)CCc2ccc(Cl)s2)C1=O)N(C)C. The van der Waals surface area contributed by atoms with E-state index < -0.39 is 33.9 Å². The van der Waals surface area contributed by atoms with E-state index in [1.54, 1.807) is 43.0 Å². The van der Waals surface area contributed by atoms with Crippen LogP contribution in [0.1, 0.15) is 24.6 Å². The molecule has 2 aliphatic heterocycles. The van der Waals surface area contributed by atoms with Crippen molar-refractivity contribution in [2.45, 2.75) is 38.3 Å². The smallest absolute Gasteiger partial charge is 0.249 e. The number of likely N-dealkylation sites (tertiary alicyclic amines) is 1. The van der Waals surface area contributed by atoms with Gasteiger partial charge in [0.05, 0.1) is 29.7 Å². The molecule has 14 heteroatoms. The minimum absolute atomic E-state index is 0.150. The normalized spacial score (nSPS) is 20.1. The highest BCUT2D eigenvalue weighted by Crippen LogP contribution is 2.23. The molecule has 0 radical (unpaired) electrons. The summed E-state index contributed by atoms with van der Waals surface area (Å²) in [6.07, 6.45) is 0.183. The minimum Gasteiger partial charge on any atom is -0.378 e. The quantitative estimate of drug-likeness (QED) is 0.345. The lowest BCUT2D eigenvalue weighted by Gasteiger charge is -2.34. The van der Waals surface area contributed by atoms with Crippen molar-refractivity contribution in [1.29, 1.82) is 0 Å². The maximum Gasteiger partial charge on any atom is 0.249 e. The van der Waals surface area contributed by atoms with Crippen LogP contribution in [-0.2, 0) is 35.6 Å². The van der Waals surface area contributed by atoms with Crippen LogP contribution in [0, 0.1) is 0 Å². The average molecular weight is 562 g/mol. The number of rotatable bonds is 9. The number of aryl methyl sites for hydroxylation is 1. The Morgan fingerprint density at radius 1 is 1.28 bits per heavy atom. The van der Waals surface area contributed by atoms with Crippen molar-refractivity contribution in [2.75, 3.05) is 52.7 Å². The molecule has 200 valence electrons. The molecule has 1 aromatic heterocycles. The molecule has 2 fully saturated rings. The Balaban J connectivity index is 1.71. The third kappa shape index (κ3) is 7.72. The van der Waals surface area contributed by atoms with E-state index in [-0.39, 0.29) is 37.5 Å². The Kier molecular flexibility index (Phi) is 9.86. The summed E-state index contributed by atoms with van der Waals surface area (Å²) in [5, 5.41) is 0. The number of amidine groups is 1. The number of amides is 3. The van der Waals surface area contributed by atoms with Crippen molar-refractivity contribution in [2.24, 2.45) is 4.99 Å². The molecule has 0 saturated carbocycles. The van der Waals surface area contributed by atoms with Crippen molar-refractivity contribution in [3.63, 3.8) is 0 Å². The Hall–Kier alpha value is -2.06. The van der Waals surface area contributed by atoms with Crippen LogP contribution < -0.4 is 4.72 Å². The summed E-state index contributed by atoms with van der Waals surface area (Å²) < 4.78 is 33.7. The van der Waals surface area contributed by atoms with E-state index in [9.17, 15) is 22.8 Å². The van der Waals surface area contributed by atoms with E-state index in [0.717, 1.165) is 4.88 Å². The first-order valence-electron chi connectivity index (χ1n) is 11.6. The van der Waals surface area contributed by atoms with Crippen molar-refractivity contribution >= 4 is 56.5 Å². The number of carbonyl (C=O) groups is 3. The van der Waals surface area contributed by atoms with Crippen LogP contribution in [0.15, 0.2) is 17.1 Å². The van der Waals surface area contributed by atoms with Crippen LogP contribution in [0.5, 0.6) is 0 Å². The van der Waals surface area contributed by atoms with Gasteiger partial charge >= 0.3 is 0 Å². The molecule has 2 atom stereocenters. The number of hydrogen-bond donors (Lipinski definition) is 1. The van der Waals surface area contributed by atoms with Crippen molar-refractivity contribution < 1.29 is 27.5 Å². The fourth-order valence-electron chi connectivity index (χ4n) is 3.93. The van der Waals surface area contributed by atoms with Crippen molar-refractivity contribution in [1.82, 2.24) is 19.4 Å². The lowest BCUT2D eigenvalue weighted by atomic mass is 10.1. The molecule has 2 aliphatic rings. The number of carbonyl (C=O) groups excluding carboxylic acids is 3. The molecule has 0 spiro atoms. The number of sulfonamides is 1. The number of nitrogens with zero attached hydrogens (tertiary/aromatic N) is 4. The van der Waals surface area contributed by atoms with Gasteiger partial charge in [0, 0.05) is 38.6 Å². The molecule has 0 unspecified atom stereocenters. The zero-order valence-corrected chi connectivity index (χ0v) is 23.0. The number of ether oxygens (including phenoxy) is 1. The van der Waals surface area contributed by atoms with Gasteiger partial charge in [-0.25, -0.2) is 18.1 Å². The molecule has 3 rings (SSSR count). The van der Waals surface area contributed by atoms with Gasteiger partial charge in [-0.15, -0.1) is 11.3 Å². The molecule has 1 N–H and O–H groups in total. The third-order valence-corrected chi connectivity index (χ3v) is 8.77. The van der Waals surface area contributed by atoms with E-state index in [4.69, 9.17) is 16.3 Å². The number of halogens is 1. The molecule has 2 saturated heterocycles. The van der Waals surface area contributed by atoms with Gasteiger partial charge in [0.25, 0.3) is 0 Å². The topological polar surface area (TPSA) is 129 Å². The standard InChI is InChI=1S/C22H32ClN5O6S2/c1-15(26(2)3)24-20(29)14-18(22(31)27-9-11-34-12-10-27)28-8-6-17(21(28)30)25-36(32,33)13-7-16-4-5-19(23)35-16/h4-5,17-18,25H,6-14H2,1-3H3/b24-15-/t17-,18-/m0/s1. The van der Waals surface area contributed by atoms with Crippen LogP contribution in [0.25, 0.3) is 0 Å². The number of nitrogens with one attached hydrogen (secondary N) is 1. The lowest BCUT2D eigenvalue weighted by molar-refractivity contribution is -0.148. The van der Waals surface area contributed by atoms with Gasteiger partial charge in [0.15, 0.2) is 0 Å². The van der Waals surface area contributed by atoms with E-state index in [0.29, 0.717) is 36.5 Å². The largest absolute Gasteiger partial charge is 0.378 e. The van der Waals surface area contributed by atoms with E-state index in [1.165, 1.54) is 16.2 Å². The number of hydrogen-bond acceptors (Lipinski definition) is 7. The van der Waals surface area contributed by atoms with Crippen LogP contribution in [0.4, 0.5) is 0 Å². The van der Waals surface area contributed by atoms with Crippen LogP contribution in [0.3, 0.4) is 0 Å². The van der Waals surface area contributed by atoms with Gasteiger partial charge in [0.1, 0.15) is 17.9 Å². The second-order valence-corrected chi connectivity index (χ2v) is 12.5. The summed E-state index contributed by atoms with van der Waals surface area (Å²) in [7, 11) is -0.273. The minimum atomic E-state index is -3.77. The summed E-state index contributed by atoms with van der Waals surface area (Å²) in [6, 6.07) is 1.41. The Bertz CT molecular complexity index is 1100. The monoisotopic (exact) mass is 561 g/mol. The van der Waals surface area contributed by atoms with E-state index in [2.05, 4.69) is 9.71 Å². The Labute approximate surface area is 220 Å². The summed E-state index contributed by atoms with van der Waals surface area (Å²) in [5.74, 6) is -1.13. The van der Waals surface area contributed by atoms with Gasteiger partial charge < -0.3 is 19.4 Å². The number of aliphatic imine (C=N–C) groups is 1. The van der Waals surface area contributed by atoms with Crippen LogP contribution >= 0.6 is 22.9 Å². The zero-order valence-electron chi connectivity index (χ0n) is 20.6. The molecule has 0 bridgehead atoms. The fourth-order valence-corrected chi connectivity index (χ4v) is 6.41. The summed E-state index contributed by atoms with van der Waals surface area (Å²) in [6.45, 7) is 3.28. The molecule has 0 aliphatic carbocycles. The molecular formula is C22H32ClN5O6S2. The maximum atomic E-state index is 13.4. The Morgan fingerprint density at radius 3 is 2.58 bits per heavy atom. The maximum absolute atomic E-state index is 13.4. The molecule has 1 aromatic rings. The average Bonchev–Trinajstić information content (AvgIpc) is 3.41. The first-order valence-corrected chi connectivity index (χ1v) is 14.5. The van der Waals surface area contributed by atoms with Crippen LogP contribution in [0.2, 0.25) is 4.34 Å². The predicted molar refractivity (Wildman–Crippen MR) is 138 cm³/mol. The van der Waals surface area contributed by atoms with E-state index >= 15 is 0 Å². The fraction of sp³-hybridized carbons (Fsp3) is 0.636. The molecule has 11 nitrogen and oxygen atoms in total. The van der Waals surface area contributed by atoms with Gasteiger partial charge in [-0.3, -0.25) is 14.4 Å².